The predicted octanol–water partition coefficient (Wildman–Crippen LogP) is 3.79. The summed E-state index contributed by atoms with van der Waals surface area (Å²) in [5.74, 6) is 0. The Bertz CT molecular complexity index is 496. The highest BCUT2D eigenvalue weighted by Gasteiger charge is 2.06. The lowest BCUT2D eigenvalue weighted by Crippen LogP contribution is -2.16. The van der Waals surface area contributed by atoms with E-state index in [4.69, 9.17) is 0 Å². The van der Waals surface area contributed by atoms with Crippen LogP contribution in [0.15, 0.2) is 36.4 Å². The molecule has 1 aromatic heterocycles. The average molecular weight is 250 g/mol. The van der Waals surface area contributed by atoms with Crippen LogP contribution >= 0.6 is 0 Å². The SMILES string of the molecule is Cc1ccc(C)n1NCc1ccc(C(F)F)cc1. The first-order chi connectivity index (χ1) is 8.58. The molecule has 0 aliphatic heterocycles. The quantitative estimate of drug-likeness (QED) is 0.873. The number of hydrogen-bond acceptors (Lipinski definition) is 1. The fourth-order valence-electron chi connectivity index (χ4n) is 1.87. The summed E-state index contributed by atoms with van der Waals surface area (Å²) in [6, 6.07) is 10.4. The van der Waals surface area contributed by atoms with Crippen LogP contribution < -0.4 is 5.43 Å². The topological polar surface area (TPSA) is 17.0 Å². The van der Waals surface area contributed by atoms with Gasteiger partial charge in [-0.1, -0.05) is 24.3 Å². The van der Waals surface area contributed by atoms with Crippen LogP contribution in [0.1, 0.15) is 28.9 Å². The monoisotopic (exact) mass is 250 g/mol. The third-order valence-electron chi connectivity index (χ3n) is 2.94. The van der Waals surface area contributed by atoms with Gasteiger partial charge in [-0.15, -0.1) is 0 Å². The molecule has 2 aromatic rings. The molecular weight excluding hydrogens is 234 g/mol. The van der Waals surface area contributed by atoms with E-state index in [0.717, 1.165) is 17.0 Å². The van der Waals surface area contributed by atoms with Crippen molar-refractivity contribution >= 4 is 0 Å². The van der Waals surface area contributed by atoms with Crippen molar-refractivity contribution in [1.29, 1.82) is 0 Å². The summed E-state index contributed by atoms with van der Waals surface area (Å²) in [5, 5.41) is 0. The predicted molar refractivity (Wildman–Crippen MR) is 68.4 cm³/mol. The lowest BCUT2D eigenvalue weighted by atomic mass is 10.1. The van der Waals surface area contributed by atoms with Gasteiger partial charge in [0.1, 0.15) is 0 Å². The molecule has 0 aliphatic carbocycles. The maximum absolute atomic E-state index is 12.4. The van der Waals surface area contributed by atoms with Crippen molar-refractivity contribution in [2.24, 2.45) is 0 Å². The van der Waals surface area contributed by atoms with E-state index in [2.05, 4.69) is 5.43 Å². The minimum absolute atomic E-state index is 0.0621. The second kappa shape index (κ2) is 5.21. The minimum atomic E-state index is -2.40. The van der Waals surface area contributed by atoms with E-state index in [-0.39, 0.29) is 5.56 Å². The highest BCUT2D eigenvalue weighted by molar-refractivity contribution is 5.24. The maximum atomic E-state index is 12.4. The summed E-state index contributed by atoms with van der Waals surface area (Å²) in [6.45, 7) is 4.64. The van der Waals surface area contributed by atoms with Crippen molar-refractivity contribution < 1.29 is 8.78 Å². The Labute approximate surface area is 105 Å². The molecule has 0 fully saturated rings. The molecule has 2 rings (SSSR count). The number of hydrogen-bond donors (Lipinski definition) is 1. The van der Waals surface area contributed by atoms with Crippen LogP contribution in [0.2, 0.25) is 0 Å². The lowest BCUT2D eigenvalue weighted by molar-refractivity contribution is 0.151. The van der Waals surface area contributed by atoms with Gasteiger partial charge in [0.2, 0.25) is 0 Å². The summed E-state index contributed by atoms with van der Waals surface area (Å²) in [7, 11) is 0. The Balaban J connectivity index is 2.02. The number of aryl methyl sites for hydroxylation is 2. The molecule has 0 bridgehead atoms. The van der Waals surface area contributed by atoms with Crippen molar-refractivity contribution in [2.75, 3.05) is 5.43 Å². The fraction of sp³-hybridized carbons (Fsp3) is 0.286. The van der Waals surface area contributed by atoms with Crippen LogP contribution in [0.3, 0.4) is 0 Å². The molecule has 2 nitrogen and oxygen atoms in total. The number of nitrogens with one attached hydrogen (secondary N) is 1. The Morgan fingerprint density at radius 1 is 1.00 bits per heavy atom. The summed E-state index contributed by atoms with van der Waals surface area (Å²) in [6.07, 6.45) is -2.40. The molecule has 0 spiro atoms. The first-order valence-electron chi connectivity index (χ1n) is 5.84. The molecule has 96 valence electrons. The summed E-state index contributed by atoms with van der Waals surface area (Å²) in [5.41, 5.74) is 6.54. The third-order valence-corrected chi connectivity index (χ3v) is 2.94. The molecule has 0 saturated heterocycles. The number of nitrogens with zero attached hydrogens (tertiary/aromatic N) is 1. The molecule has 18 heavy (non-hydrogen) atoms. The number of halogens is 2. The zero-order valence-electron chi connectivity index (χ0n) is 10.5. The zero-order chi connectivity index (χ0) is 13.1. The van der Waals surface area contributed by atoms with Crippen molar-refractivity contribution in [3.8, 4) is 0 Å². The van der Waals surface area contributed by atoms with Crippen LogP contribution in [-0.2, 0) is 6.54 Å². The first kappa shape index (κ1) is 12.6. The van der Waals surface area contributed by atoms with E-state index in [1.807, 2.05) is 30.7 Å². The molecule has 4 heteroatoms. The van der Waals surface area contributed by atoms with Gasteiger partial charge in [0.05, 0.1) is 6.54 Å². The maximum Gasteiger partial charge on any atom is 0.263 e. The third kappa shape index (κ3) is 2.70. The summed E-state index contributed by atoms with van der Waals surface area (Å²) < 4.78 is 26.8. The molecule has 0 radical (unpaired) electrons. The number of alkyl halides is 2. The highest BCUT2D eigenvalue weighted by atomic mass is 19.3. The first-order valence-corrected chi connectivity index (χ1v) is 5.84. The van der Waals surface area contributed by atoms with Crippen LogP contribution in [0.25, 0.3) is 0 Å². The molecule has 0 saturated carbocycles. The van der Waals surface area contributed by atoms with Gasteiger partial charge >= 0.3 is 0 Å². The normalized spacial score (nSPS) is 10.9. The van der Waals surface area contributed by atoms with Crippen molar-refractivity contribution in [3.05, 3.63) is 58.9 Å². The Hall–Kier alpha value is -1.84. The average Bonchev–Trinajstić information content (AvgIpc) is 2.67. The van der Waals surface area contributed by atoms with Crippen molar-refractivity contribution in [2.45, 2.75) is 26.8 Å². The second-order valence-electron chi connectivity index (χ2n) is 4.33. The van der Waals surface area contributed by atoms with E-state index in [9.17, 15) is 8.78 Å². The highest BCUT2D eigenvalue weighted by Crippen LogP contribution is 2.18. The molecule has 0 amide bonds. The number of benzene rings is 1. The number of rotatable bonds is 4. The largest absolute Gasteiger partial charge is 0.322 e. The minimum Gasteiger partial charge on any atom is -0.322 e. The van der Waals surface area contributed by atoms with Gasteiger partial charge < -0.3 is 5.43 Å². The summed E-state index contributed by atoms with van der Waals surface area (Å²) >= 11 is 0. The zero-order valence-corrected chi connectivity index (χ0v) is 10.5. The smallest absolute Gasteiger partial charge is 0.263 e. The van der Waals surface area contributed by atoms with E-state index in [1.165, 1.54) is 12.1 Å². The molecule has 1 N–H and O–H groups in total. The molecule has 1 heterocycles. The molecule has 0 unspecified atom stereocenters. The van der Waals surface area contributed by atoms with Crippen LogP contribution in [-0.4, -0.2) is 4.68 Å². The van der Waals surface area contributed by atoms with Crippen LogP contribution in [0.5, 0.6) is 0 Å². The van der Waals surface area contributed by atoms with E-state index >= 15 is 0 Å². The fourth-order valence-corrected chi connectivity index (χ4v) is 1.87. The van der Waals surface area contributed by atoms with Gasteiger partial charge in [-0.2, -0.15) is 0 Å². The lowest BCUT2D eigenvalue weighted by Gasteiger charge is -2.12. The van der Waals surface area contributed by atoms with Crippen molar-refractivity contribution in [3.63, 3.8) is 0 Å². The Morgan fingerprint density at radius 3 is 2.06 bits per heavy atom. The van der Waals surface area contributed by atoms with Crippen molar-refractivity contribution in [1.82, 2.24) is 4.68 Å². The molecule has 1 aromatic carbocycles. The summed E-state index contributed by atoms with van der Waals surface area (Å²) in [4.78, 5) is 0. The van der Waals surface area contributed by atoms with Gasteiger partial charge in [-0.05, 0) is 31.5 Å². The van der Waals surface area contributed by atoms with Gasteiger partial charge in [-0.25, -0.2) is 8.78 Å². The van der Waals surface area contributed by atoms with Gasteiger partial charge in [0.15, 0.2) is 0 Å². The van der Waals surface area contributed by atoms with E-state index in [0.29, 0.717) is 6.54 Å². The van der Waals surface area contributed by atoms with Crippen LogP contribution in [0.4, 0.5) is 8.78 Å². The number of aromatic nitrogens is 1. The van der Waals surface area contributed by atoms with Crippen LogP contribution in [0, 0.1) is 13.8 Å². The molecule has 0 atom stereocenters. The second-order valence-corrected chi connectivity index (χ2v) is 4.33. The van der Waals surface area contributed by atoms with Gasteiger partial charge in [0.25, 0.3) is 6.43 Å². The standard InChI is InChI=1S/C14H16F2N2/c1-10-3-4-11(2)18(10)17-9-12-5-7-13(8-6-12)14(15)16/h3-8,14,17H,9H2,1-2H3. The van der Waals surface area contributed by atoms with Gasteiger partial charge in [0, 0.05) is 17.0 Å². The Morgan fingerprint density at radius 2 is 1.56 bits per heavy atom. The van der Waals surface area contributed by atoms with E-state index < -0.39 is 6.43 Å². The van der Waals surface area contributed by atoms with Gasteiger partial charge in [-0.3, -0.25) is 4.68 Å². The van der Waals surface area contributed by atoms with E-state index in [1.54, 1.807) is 12.1 Å². The molecular formula is C14H16F2N2. The Kier molecular flexibility index (Phi) is 3.65. The molecule has 0 aliphatic rings.